The monoisotopic (exact) mass is 251 g/mol. The van der Waals surface area contributed by atoms with Gasteiger partial charge in [-0.3, -0.25) is 0 Å². The highest BCUT2D eigenvalue weighted by Crippen LogP contribution is 2.18. The normalized spacial score (nSPS) is 16.2. The molecule has 0 radical (unpaired) electrons. The van der Waals surface area contributed by atoms with E-state index in [0.29, 0.717) is 26.2 Å². The number of ether oxygens (including phenoxy) is 3. The number of hydrogen-bond donors (Lipinski definition) is 0. The quantitative estimate of drug-likeness (QED) is 0.823. The van der Waals surface area contributed by atoms with Gasteiger partial charge in [0.2, 0.25) is 0 Å². The summed E-state index contributed by atoms with van der Waals surface area (Å²) < 4.78 is 29.4. The second kappa shape index (κ2) is 6.34. The number of nitriles is 1. The summed E-state index contributed by atoms with van der Waals surface area (Å²) in [6.07, 6.45) is 1.20. The molecular weight excluding hydrogens is 237 g/mol. The molecule has 1 aliphatic heterocycles. The third kappa shape index (κ3) is 3.42. The van der Waals surface area contributed by atoms with E-state index in [-0.39, 0.29) is 17.6 Å². The maximum atomic E-state index is 13.5. The largest absolute Gasteiger partial charge is 0.490 e. The number of nitrogens with zero attached hydrogens (tertiary/aromatic N) is 1. The number of benzene rings is 1. The van der Waals surface area contributed by atoms with Gasteiger partial charge in [-0.05, 0) is 24.6 Å². The van der Waals surface area contributed by atoms with Crippen LogP contribution in [0.5, 0.6) is 5.75 Å². The molecule has 0 atom stereocenters. The standard InChI is InChI=1S/C13H14FNO3/c14-11-8-10(9-15)2-3-12(11)16-7-4-13-17-5-1-6-18-13/h2-3,8,13H,1,4-7H2. The zero-order chi connectivity index (χ0) is 12.8. The van der Waals surface area contributed by atoms with E-state index in [4.69, 9.17) is 19.5 Å². The van der Waals surface area contributed by atoms with Crippen LogP contribution < -0.4 is 4.74 Å². The van der Waals surface area contributed by atoms with Crippen LogP contribution in [0.2, 0.25) is 0 Å². The maximum Gasteiger partial charge on any atom is 0.166 e. The van der Waals surface area contributed by atoms with Crippen LogP contribution in [-0.4, -0.2) is 26.1 Å². The molecule has 0 amide bonds. The van der Waals surface area contributed by atoms with Crippen LogP contribution in [0.3, 0.4) is 0 Å². The fraction of sp³-hybridized carbons (Fsp3) is 0.462. The van der Waals surface area contributed by atoms with Crippen molar-refractivity contribution in [2.24, 2.45) is 0 Å². The lowest BCUT2D eigenvalue weighted by Gasteiger charge is -2.23. The lowest BCUT2D eigenvalue weighted by Crippen LogP contribution is -2.26. The molecule has 0 aromatic heterocycles. The van der Waals surface area contributed by atoms with Crippen LogP contribution in [0.25, 0.3) is 0 Å². The second-order valence-corrected chi connectivity index (χ2v) is 3.92. The minimum absolute atomic E-state index is 0.143. The molecule has 96 valence electrons. The average molecular weight is 251 g/mol. The first-order valence-electron chi connectivity index (χ1n) is 5.85. The molecule has 1 saturated heterocycles. The Kier molecular flexibility index (Phi) is 4.51. The molecule has 5 heteroatoms. The molecule has 0 N–H and O–H groups in total. The molecule has 1 aliphatic rings. The predicted molar refractivity (Wildman–Crippen MR) is 61.5 cm³/mol. The zero-order valence-electron chi connectivity index (χ0n) is 9.89. The van der Waals surface area contributed by atoms with E-state index in [1.54, 1.807) is 0 Å². The molecule has 1 aromatic carbocycles. The molecule has 1 aromatic rings. The van der Waals surface area contributed by atoms with E-state index in [9.17, 15) is 4.39 Å². The summed E-state index contributed by atoms with van der Waals surface area (Å²) in [6, 6.07) is 6.00. The van der Waals surface area contributed by atoms with Crippen molar-refractivity contribution in [1.82, 2.24) is 0 Å². The minimum Gasteiger partial charge on any atom is -0.490 e. The molecule has 0 aliphatic carbocycles. The van der Waals surface area contributed by atoms with E-state index in [1.165, 1.54) is 12.1 Å². The van der Waals surface area contributed by atoms with Gasteiger partial charge in [0, 0.05) is 6.42 Å². The Morgan fingerprint density at radius 3 is 2.83 bits per heavy atom. The van der Waals surface area contributed by atoms with E-state index in [0.717, 1.165) is 12.5 Å². The fourth-order valence-electron chi connectivity index (χ4n) is 1.66. The highest BCUT2D eigenvalue weighted by Gasteiger charge is 2.14. The van der Waals surface area contributed by atoms with Gasteiger partial charge in [0.25, 0.3) is 0 Å². The highest BCUT2D eigenvalue weighted by atomic mass is 19.1. The fourth-order valence-corrected chi connectivity index (χ4v) is 1.66. The minimum atomic E-state index is -0.528. The maximum absolute atomic E-state index is 13.5. The molecule has 0 spiro atoms. The van der Waals surface area contributed by atoms with Gasteiger partial charge in [-0.25, -0.2) is 4.39 Å². The van der Waals surface area contributed by atoms with Gasteiger partial charge in [-0.15, -0.1) is 0 Å². The Morgan fingerprint density at radius 2 is 2.17 bits per heavy atom. The van der Waals surface area contributed by atoms with Crippen LogP contribution in [0.15, 0.2) is 18.2 Å². The Balaban J connectivity index is 1.81. The Morgan fingerprint density at radius 1 is 1.39 bits per heavy atom. The van der Waals surface area contributed by atoms with E-state index in [2.05, 4.69) is 0 Å². The third-order valence-corrected chi connectivity index (χ3v) is 2.57. The smallest absolute Gasteiger partial charge is 0.166 e. The summed E-state index contributed by atoms with van der Waals surface area (Å²) in [5.41, 5.74) is 0.277. The van der Waals surface area contributed by atoms with E-state index >= 15 is 0 Å². The van der Waals surface area contributed by atoms with Gasteiger partial charge in [0.05, 0.1) is 31.5 Å². The second-order valence-electron chi connectivity index (χ2n) is 3.92. The molecular formula is C13H14FNO3. The SMILES string of the molecule is N#Cc1ccc(OCCC2OCCCO2)c(F)c1. The predicted octanol–water partition coefficient (Wildman–Crippen LogP) is 2.23. The van der Waals surface area contributed by atoms with Crippen LogP contribution in [-0.2, 0) is 9.47 Å². The first kappa shape index (κ1) is 12.8. The van der Waals surface area contributed by atoms with Crippen molar-refractivity contribution in [2.75, 3.05) is 19.8 Å². The van der Waals surface area contributed by atoms with Gasteiger partial charge in [-0.2, -0.15) is 5.26 Å². The van der Waals surface area contributed by atoms with Crippen molar-refractivity contribution in [1.29, 1.82) is 5.26 Å². The Bertz CT molecular complexity index is 438. The molecule has 1 heterocycles. The topological polar surface area (TPSA) is 51.5 Å². The van der Waals surface area contributed by atoms with Crippen LogP contribution >= 0.6 is 0 Å². The van der Waals surface area contributed by atoms with Crippen LogP contribution in [0.4, 0.5) is 4.39 Å². The molecule has 4 nitrogen and oxygen atoms in total. The van der Waals surface area contributed by atoms with Crippen molar-refractivity contribution in [3.05, 3.63) is 29.6 Å². The number of rotatable bonds is 4. The van der Waals surface area contributed by atoms with Crippen LogP contribution in [0.1, 0.15) is 18.4 Å². The zero-order valence-corrected chi connectivity index (χ0v) is 9.89. The number of hydrogen-bond acceptors (Lipinski definition) is 4. The molecule has 0 unspecified atom stereocenters. The van der Waals surface area contributed by atoms with Crippen molar-refractivity contribution in [3.8, 4) is 11.8 Å². The van der Waals surface area contributed by atoms with Gasteiger partial charge in [-0.1, -0.05) is 0 Å². The molecule has 0 saturated carbocycles. The summed E-state index contributed by atoms with van der Waals surface area (Å²) in [5.74, 6) is -0.385. The first-order valence-corrected chi connectivity index (χ1v) is 5.85. The third-order valence-electron chi connectivity index (χ3n) is 2.57. The summed E-state index contributed by atoms with van der Waals surface area (Å²) in [7, 11) is 0. The van der Waals surface area contributed by atoms with Crippen molar-refractivity contribution in [3.63, 3.8) is 0 Å². The molecule has 1 fully saturated rings. The Labute approximate surface area is 105 Å². The van der Waals surface area contributed by atoms with Crippen LogP contribution in [0, 0.1) is 17.1 Å². The van der Waals surface area contributed by atoms with Crippen molar-refractivity contribution in [2.45, 2.75) is 19.1 Å². The van der Waals surface area contributed by atoms with Gasteiger partial charge in [0.15, 0.2) is 17.9 Å². The molecule has 0 bridgehead atoms. The summed E-state index contributed by atoms with van der Waals surface area (Å²) in [5, 5.41) is 8.61. The average Bonchev–Trinajstić information content (AvgIpc) is 2.42. The van der Waals surface area contributed by atoms with Gasteiger partial charge < -0.3 is 14.2 Å². The van der Waals surface area contributed by atoms with E-state index < -0.39 is 5.82 Å². The first-order chi connectivity index (χ1) is 8.79. The lowest BCUT2D eigenvalue weighted by molar-refractivity contribution is -0.183. The molecule has 18 heavy (non-hydrogen) atoms. The van der Waals surface area contributed by atoms with Crippen molar-refractivity contribution < 1.29 is 18.6 Å². The summed E-state index contributed by atoms with van der Waals surface area (Å²) in [6.45, 7) is 1.69. The molecule has 2 rings (SSSR count). The van der Waals surface area contributed by atoms with Gasteiger partial charge in [0.1, 0.15) is 0 Å². The Hall–Kier alpha value is -1.64. The summed E-state index contributed by atoms with van der Waals surface area (Å²) >= 11 is 0. The highest BCUT2D eigenvalue weighted by molar-refractivity contribution is 5.35. The summed E-state index contributed by atoms with van der Waals surface area (Å²) in [4.78, 5) is 0. The van der Waals surface area contributed by atoms with Gasteiger partial charge >= 0.3 is 0 Å². The number of halogens is 1. The lowest BCUT2D eigenvalue weighted by atomic mass is 10.2. The van der Waals surface area contributed by atoms with E-state index in [1.807, 2.05) is 6.07 Å². The van der Waals surface area contributed by atoms with Crippen molar-refractivity contribution >= 4 is 0 Å².